The van der Waals surface area contributed by atoms with E-state index in [1.165, 1.54) is 22.3 Å². The van der Waals surface area contributed by atoms with Crippen LogP contribution in [-0.2, 0) is 9.49 Å². The van der Waals surface area contributed by atoms with Gasteiger partial charge in [-0.05, 0) is 70.8 Å². The Kier molecular flexibility index (Phi) is 7.19. The molecule has 1 heterocycles. The maximum absolute atomic E-state index is 6.24. The highest BCUT2D eigenvalue weighted by Gasteiger charge is 2.47. The van der Waals surface area contributed by atoms with E-state index in [-0.39, 0.29) is 9.49 Å². The molecular weight excluding hydrogens is 542 g/mol. The minimum Gasteiger partial charge on any atom is -0.142 e. The van der Waals surface area contributed by atoms with Gasteiger partial charge in [-0.3, -0.25) is 0 Å². The maximum Gasteiger partial charge on any atom is 0.0748 e. The largest absolute Gasteiger partial charge is 0.142 e. The molecule has 0 radical (unpaired) electrons. The summed E-state index contributed by atoms with van der Waals surface area (Å²) in [6.45, 7) is 0. The van der Waals surface area contributed by atoms with Crippen molar-refractivity contribution >= 4 is 69.9 Å². The summed E-state index contributed by atoms with van der Waals surface area (Å²) < 4.78 is -0.468. The molecule has 4 aromatic carbocycles. The average molecular weight is 562 g/mol. The Morgan fingerprint density at radius 2 is 0.588 bits per heavy atom. The minimum absolute atomic E-state index is 0.234. The van der Waals surface area contributed by atoms with E-state index in [2.05, 4.69) is 48.5 Å². The van der Waals surface area contributed by atoms with Crippen LogP contribution in [0.25, 0.3) is 0 Å². The molecule has 34 heavy (non-hydrogen) atoms. The zero-order valence-corrected chi connectivity index (χ0v) is 22.6. The molecule has 0 spiro atoms. The lowest BCUT2D eigenvalue weighted by atomic mass is 9.90. The topological polar surface area (TPSA) is 0 Å². The van der Waals surface area contributed by atoms with Crippen molar-refractivity contribution in [2.24, 2.45) is 0 Å². The molecule has 6 heteroatoms. The van der Waals surface area contributed by atoms with E-state index >= 15 is 0 Å². The smallest absolute Gasteiger partial charge is 0.0748 e. The van der Waals surface area contributed by atoms with Gasteiger partial charge in [-0.25, -0.2) is 0 Å². The average Bonchev–Trinajstić information content (AvgIpc) is 2.86. The van der Waals surface area contributed by atoms with Crippen molar-refractivity contribution in [2.75, 3.05) is 11.5 Å². The Labute approximate surface area is 229 Å². The summed E-state index contributed by atoms with van der Waals surface area (Å²) in [5.41, 5.74) is 4.94. The fourth-order valence-corrected chi connectivity index (χ4v) is 8.71. The number of hydrogen-bond acceptors (Lipinski definition) is 2. The molecule has 1 aliphatic rings. The van der Waals surface area contributed by atoms with Crippen molar-refractivity contribution in [3.05, 3.63) is 139 Å². The lowest BCUT2D eigenvalue weighted by Crippen LogP contribution is -2.40. The van der Waals surface area contributed by atoms with Crippen LogP contribution in [-0.4, -0.2) is 11.5 Å². The third-order valence-electron chi connectivity index (χ3n) is 6.29. The van der Waals surface area contributed by atoms with Crippen LogP contribution >= 0.6 is 69.9 Å². The highest BCUT2D eigenvalue weighted by molar-refractivity contribution is 8.07. The van der Waals surface area contributed by atoms with Crippen molar-refractivity contribution in [2.45, 2.75) is 9.49 Å². The van der Waals surface area contributed by atoms with Gasteiger partial charge in [0.1, 0.15) is 0 Å². The van der Waals surface area contributed by atoms with Crippen LogP contribution in [0, 0.1) is 0 Å². The lowest BCUT2D eigenvalue weighted by molar-refractivity contribution is 0.778. The molecule has 0 nitrogen and oxygen atoms in total. The van der Waals surface area contributed by atoms with E-state index in [1.54, 1.807) is 0 Å². The number of benzene rings is 4. The Hall–Kier alpha value is -1.26. The standard InChI is InChI=1S/C28H20Cl4S2/c29-23-9-1-19(2-10-23)27(20-3-11-24(30)12-4-20)17-34-28(18-33-27,21-5-13-25(31)14-6-21)22-7-15-26(32)16-8-22/h1-16H,17-18H2. The highest BCUT2D eigenvalue weighted by Crippen LogP contribution is 2.59. The number of thioether (sulfide) groups is 2. The van der Waals surface area contributed by atoms with E-state index in [9.17, 15) is 0 Å². The van der Waals surface area contributed by atoms with Gasteiger partial charge < -0.3 is 0 Å². The van der Waals surface area contributed by atoms with Gasteiger partial charge in [0.05, 0.1) is 9.49 Å². The Morgan fingerprint density at radius 1 is 0.382 bits per heavy atom. The van der Waals surface area contributed by atoms with Gasteiger partial charge in [-0.2, -0.15) is 0 Å². The van der Waals surface area contributed by atoms with Gasteiger partial charge in [0, 0.05) is 31.6 Å². The SMILES string of the molecule is Clc1ccc(C2(c3ccc(Cl)cc3)CSC(c3ccc(Cl)cc3)(c3ccc(Cl)cc3)CS2)cc1. The van der Waals surface area contributed by atoms with E-state index in [0.717, 1.165) is 31.6 Å². The molecule has 0 saturated carbocycles. The van der Waals surface area contributed by atoms with Gasteiger partial charge in [0.2, 0.25) is 0 Å². The first-order chi connectivity index (χ1) is 16.4. The zero-order valence-electron chi connectivity index (χ0n) is 18.0. The molecule has 0 aromatic heterocycles. The monoisotopic (exact) mass is 560 g/mol. The van der Waals surface area contributed by atoms with Crippen LogP contribution in [0.5, 0.6) is 0 Å². The molecule has 1 saturated heterocycles. The fourth-order valence-electron chi connectivity index (χ4n) is 4.41. The molecule has 172 valence electrons. The number of hydrogen-bond donors (Lipinski definition) is 0. The first-order valence-electron chi connectivity index (χ1n) is 10.7. The van der Waals surface area contributed by atoms with Crippen LogP contribution in [0.4, 0.5) is 0 Å². The maximum atomic E-state index is 6.24. The molecule has 5 rings (SSSR count). The molecular formula is C28H20Cl4S2. The summed E-state index contributed by atoms with van der Waals surface area (Å²) in [5, 5.41) is 2.94. The van der Waals surface area contributed by atoms with Gasteiger partial charge in [-0.1, -0.05) is 94.9 Å². The first-order valence-corrected chi connectivity index (χ1v) is 14.2. The van der Waals surface area contributed by atoms with Gasteiger partial charge >= 0.3 is 0 Å². The van der Waals surface area contributed by atoms with Crippen molar-refractivity contribution in [1.82, 2.24) is 0 Å². The van der Waals surface area contributed by atoms with Crippen molar-refractivity contribution in [1.29, 1.82) is 0 Å². The van der Waals surface area contributed by atoms with Crippen molar-refractivity contribution < 1.29 is 0 Å². The van der Waals surface area contributed by atoms with E-state index in [0.29, 0.717) is 0 Å². The Balaban J connectivity index is 1.61. The highest BCUT2D eigenvalue weighted by atomic mass is 35.5. The molecule has 0 unspecified atom stereocenters. The van der Waals surface area contributed by atoms with E-state index < -0.39 is 0 Å². The Morgan fingerprint density at radius 3 is 0.765 bits per heavy atom. The van der Waals surface area contributed by atoms with Crippen LogP contribution in [0.1, 0.15) is 22.3 Å². The lowest BCUT2D eigenvalue weighted by Gasteiger charge is -2.47. The third kappa shape index (κ3) is 4.62. The van der Waals surface area contributed by atoms with Gasteiger partial charge in [0.25, 0.3) is 0 Å². The second-order valence-corrected chi connectivity index (χ2v) is 12.6. The molecule has 0 bridgehead atoms. The summed E-state index contributed by atoms with van der Waals surface area (Å²) in [5.74, 6) is 1.73. The first kappa shape index (κ1) is 24.4. The predicted octanol–water partition coefficient (Wildman–Crippen LogP) is 9.97. The minimum atomic E-state index is -0.234. The van der Waals surface area contributed by atoms with Crippen LogP contribution in [0.15, 0.2) is 97.1 Å². The summed E-state index contributed by atoms with van der Waals surface area (Å²) in [6.07, 6.45) is 0. The van der Waals surface area contributed by atoms with Crippen LogP contribution in [0.2, 0.25) is 20.1 Å². The summed E-state index contributed by atoms with van der Waals surface area (Å²) in [6, 6.07) is 32.9. The predicted molar refractivity (Wildman–Crippen MR) is 152 cm³/mol. The third-order valence-corrected chi connectivity index (χ3v) is 11.0. The van der Waals surface area contributed by atoms with Crippen LogP contribution in [0.3, 0.4) is 0 Å². The molecule has 0 amide bonds. The number of rotatable bonds is 4. The second kappa shape index (κ2) is 10.0. The molecule has 0 N–H and O–H groups in total. The summed E-state index contributed by atoms with van der Waals surface area (Å²) in [4.78, 5) is 0. The second-order valence-electron chi connectivity index (χ2n) is 8.26. The van der Waals surface area contributed by atoms with E-state index in [4.69, 9.17) is 46.4 Å². The molecule has 0 aliphatic carbocycles. The van der Waals surface area contributed by atoms with Crippen molar-refractivity contribution in [3.63, 3.8) is 0 Å². The fraction of sp³-hybridized carbons (Fsp3) is 0.143. The quantitative estimate of drug-likeness (QED) is 0.243. The van der Waals surface area contributed by atoms with Crippen molar-refractivity contribution in [3.8, 4) is 0 Å². The molecule has 1 aliphatic heterocycles. The molecule has 1 fully saturated rings. The summed E-state index contributed by atoms with van der Waals surface area (Å²) in [7, 11) is 0. The molecule has 0 atom stereocenters. The molecule has 4 aromatic rings. The van der Waals surface area contributed by atoms with Crippen LogP contribution < -0.4 is 0 Å². The zero-order chi connectivity index (χ0) is 23.8. The normalized spacial score (nSPS) is 16.8. The Bertz CT molecular complexity index is 1060. The van der Waals surface area contributed by atoms with Gasteiger partial charge in [0.15, 0.2) is 0 Å². The number of halogens is 4. The van der Waals surface area contributed by atoms with E-state index in [1.807, 2.05) is 72.1 Å². The van der Waals surface area contributed by atoms with Gasteiger partial charge in [-0.15, -0.1) is 23.5 Å². The summed E-state index contributed by atoms with van der Waals surface area (Å²) >= 11 is 28.9.